The second-order valence-electron chi connectivity index (χ2n) is 6.07. The van der Waals surface area contributed by atoms with Crippen LogP contribution in [0.15, 0.2) is 6.20 Å². The van der Waals surface area contributed by atoms with Gasteiger partial charge in [-0.3, -0.25) is 4.68 Å². The van der Waals surface area contributed by atoms with Crippen molar-refractivity contribution in [3.05, 3.63) is 11.9 Å². The Morgan fingerprint density at radius 3 is 2.44 bits per heavy atom. The van der Waals surface area contributed by atoms with Crippen molar-refractivity contribution in [3.63, 3.8) is 0 Å². The molecule has 1 atom stereocenters. The van der Waals surface area contributed by atoms with Gasteiger partial charge in [0.1, 0.15) is 0 Å². The van der Waals surface area contributed by atoms with Gasteiger partial charge >= 0.3 is 0 Å². The number of aromatic nitrogens is 2. The molecule has 0 spiro atoms. The number of hydrogen-bond donors (Lipinski definition) is 0. The first-order chi connectivity index (χ1) is 8.27. The lowest BCUT2D eigenvalue weighted by Crippen LogP contribution is -2.21. The molecule has 0 N–H and O–H groups in total. The predicted molar refractivity (Wildman–Crippen MR) is 79.7 cm³/mol. The number of halogens is 1. The molecule has 104 valence electrons. The van der Waals surface area contributed by atoms with Crippen LogP contribution in [0.4, 0.5) is 0 Å². The third-order valence-electron chi connectivity index (χ3n) is 3.14. The average molecular weight is 317 g/mol. The van der Waals surface area contributed by atoms with E-state index in [0.29, 0.717) is 10.9 Å². The van der Waals surface area contributed by atoms with Gasteiger partial charge in [0.25, 0.3) is 0 Å². The summed E-state index contributed by atoms with van der Waals surface area (Å²) in [5.41, 5.74) is 1.47. The van der Waals surface area contributed by atoms with Crippen LogP contribution in [0.1, 0.15) is 52.8 Å². The summed E-state index contributed by atoms with van der Waals surface area (Å²) in [5, 5.41) is 4.40. The zero-order chi connectivity index (χ0) is 13.9. The van der Waals surface area contributed by atoms with Crippen molar-refractivity contribution in [2.45, 2.75) is 58.3 Å². The number of alkyl halides is 1. The Kier molecular flexibility index (Phi) is 5.26. The van der Waals surface area contributed by atoms with Gasteiger partial charge in [0.15, 0.2) is 5.75 Å². The van der Waals surface area contributed by atoms with E-state index < -0.39 is 0 Å². The monoisotopic (exact) mass is 316 g/mol. The summed E-state index contributed by atoms with van der Waals surface area (Å²) in [5.74, 6) is 0.900. The number of hydrogen-bond acceptors (Lipinski definition) is 2. The first-order valence-corrected chi connectivity index (χ1v) is 7.43. The Balaban J connectivity index is 2.80. The lowest BCUT2D eigenvalue weighted by atomic mass is 9.89. The van der Waals surface area contributed by atoms with Gasteiger partial charge in [0.2, 0.25) is 0 Å². The fraction of sp³-hybridized carbons (Fsp3) is 0.786. The van der Waals surface area contributed by atoms with Gasteiger partial charge in [-0.25, -0.2) is 0 Å². The van der Waals surface area contributed by atoms with Gasteiger partial charge in [0.05, 0.1) is 19.0 Å². The lowest BCUT2D eigenvalue weighted by molar-refractivity contribution is 0.374. The second-order valence-corrected chi connectivity index (χ2v) is 7.18. The molecule has 3 nitrogen and oxygen atoms in total. The number of nitrogens with zero attached hydrogens (tertiary/aromatic N) is 2. The second kappa shape index (κ2) is 6.09. The molecule has 0 aromatic carbocycles. The third kappa shape index (κ3) is 3.74. The summed E-state index contributed by atoms with van der Waals surface area (Å²) in [4.78, 5) is 0.491. The fourth-order valence-electron chi connectivity index (χ4n) is 1.92. The average Bonchev–Trinajstić information content (AvgIpc) is 2.67. The molecular weight excluding hydrogens is 292 g/mol. The van der Waals surface area contributed by atoms with Gasteiger partial charge in [-0.05, 0) is 32.1 Å². The number of rotatable bonds is 5. The van der Waals surface area contributed by atoms with Crippen molar-refractivity contribution >= 4 is 15.9 Å². The van der Waals surface area contributed by atoms with E-state index in [0.717, 1.165) is 18.6 Å². The molecule has 0 amide bonds. The minimum atomic E-state index is 0.274. The minimum absolute atomic E-state index is 0.274. The molecule has 1 heterocycles. The van der Waals surface area contributed by atoms with Crippen LogP contribution in [0.2, 0.25) is 0 Å². The van der Waals surface area contributed by atoms with Crippen LogP contribution in [0.25, 0.3) is 0 Å². The Labute approximate surface area is 119 Å². The topological polar surface area (TPSA) is 27.1 Å². The molecule has 1 rings (SSSR count). The van der Waals surface area contributed by atoms with Crippen molar-refractivity contribution < 1.29 is 4.74 Å². The third-order valence-corrected chi connectivity index (χ3v) is 4.98. The van der Waals surface area contributed by atoms with Crippen LogP contribution in [0.5, 0.6) is 5.75 Å². The molecule has 0 aliphatic carbocycles. The fourth-order valence-corrected chi connectivity index (χ4v) is 2.15. The molecular formula is C14H25BrN2O. The molecule has 4 heteroatoms. The van der Waals surface area contributed by atoms with Crippen molar-refractivity contribution in [3.8, 4) is 5.75 Å². The summed E-state index contributed by atoms with van der Waals surface area (Å²) in [6.45, 7) is 11.0. The molecule has 1 aromatic rings. The smallest absolute Gasteiger partial charge is 0.159 e. The van der Waals surface area contributed by atoms with Gasteiger partial charge in [-0.2, -0.15) is 5.10 Å². The molecule has 1 aromatic heterocycles. The summed E-state index contributed by atoms with van der Waals surface area (Å²) < 4.78 is 7.45. The first-order valence-electron chi connectivity index (χ1n) is 6.51. The van der Waals surface area contributed by atoms with E-state index >= 15 is 0 Å². The minimum Gasteiger partial charge on any atom is -0.493 e. The van der Waals surface area contributed by atoms with Crippen molar-refractivity contribution in [1.29, 1.82) is 0 Å². The summed E-state index contributed by atoms with van der Waals surface area (Å²) in [7, 11) is 1.71. The van der Waals surface area contributed by atoms with Gasteiger partial charge in [-0.15, -0.1) is 0 Å². The van der Waals surface area contributed by atoms with Crippen molar-refractivity contribution in [2.75, 3.05) is 7.11 Å². The highest BCUT2D eigenvalue weighted by molar-refractivity contribution is 9.09. The quantitative estimate of drug-likeness (QED) is 0.761. The van der Waals surface area contributed by atoms with Gasteiger partial charge < -0.3 is 4.74 Å². The molecule has 0 saturated carbocycles. The van der Waals surface area contributed by atoms with Gasteiger partial charge in [-0.1, -0.05) is 36.7 Å². The van der Waals surface area contributed by atoms with E-state index in [9.17, 15) is 0 Å². The molecule has 0 aliphatic heterocycles. The van der Waals surface area contributed by atoms with E-state index in [1.807, 2.05) is 6.20 Å². The summed E-state index contributed by atoms with van der Waals surface area (Å²) in [6.07, 6.45) is 3.88. The number of methoxy groups -OCH3 is 1. The molecule has 0 fully saturated rings. The predicted octanol–water partition coefficient (Wildman–Crippen LogP) is 4.21. The Morgan fingerprint density at radius 1 is 1.39 bits per heavy atom. The highest BCUT2D eigenvalue weighted by Gasteiger charge is 2.23. The van der Waals surface area contributed by atoms with Crippen LogP contribution < -0.4 is 4.74 Å². The van der Waals surface area contributed by atoms with E-state index in [1.165, 1.54) is 5.69 Å². The SMILES string of the molecule is COc1cnn(C(C)C)c1CCC(Br)C(C)(C)C. The summed E-state index contributed by atoms with van der Waals surface area (Å²) in [6, 6.07) is 0.368. The normalized spacial score (nSPS) is 14.0. The summed E-state index contributed by atoms with van der Waals surface area (Å²) >= 11 is 3.78. The Bertz CT molecular complexity index is 380. The van der Waals surface area contributed by atoms with E-state index in [4.69, 9.17) is 4.74 Å². The highest BCUT2D eigenvalue weighted by Crippen LogP contribution is 2.31. The van der Waals surface area contributed by atoms with Crippen LogP contribution in [-0.2, 0) is 6.42 Å². The molecule has 0 bridgehead atoms. The standard InChI is InChI=1S/C14H25BrN2O/c1-10(2)17-11(12(18-6)9-16-17)7-8-13(15)14(3,4)5/h9-10,13H,7-8H2,1-6H3. The zero-order valence-electron chi connectivity index (χ0n) is 12.3. The lowest BCUT2D eigenvalue weighted by Gasteiger charge is -2.25. The van der Waals surface area contributed by atoms with E-state index in [-0.39, 0.29) is 5.41 Å². The van der Waals surface area contributed by atoms with Crippen LogP contribution in [0.3, 0.4) is 0 Å². The maximum absolute atomic E-state index is 5.40. The first kappa shape index (κ1) is 15.5. The van der Waals surface area contributed by atoms with E-state index in [1.54, 1.807) is 7.11 Å². The Morgan fingerprint density at radius 2 is 2.00 bits per heavy atom. The van der Waals surface area contributed by atoms with Gasteiger partial charge in [0, 0.05) is 10.9 Å². The largest absolute Gasteiger partial charge is 0.493 e. The molecule has 0 aliphatic rings. The molecule has 0 radical (unpaired) electrons. The Hall–Kier alpha value is -0.510. The molecule has 0 saturated heterocycles. The van der Waals surface area contributed by atoms with Crippen LogP contribution in [-0.4, -0.2) is 21.7 Å². The maximum Gasteiger partial charge on any atom is 0.159 e. The molecule has 18 heavy (non-hydrogen) atoms. The van der Waals surface area contributed by atoms with Crippen LogP contribution in [0, 0.1) is 5.41 Å². The zero-order valence-corrected chi connectivity index (χ0v) is 13.9. The van der Waals surface area contributed by atoms with Crippen LogP contribution >= 0.6 is 15.9 Å². The highest BCUT2D eigenvalue weighted by atomic mass is 79.9. The van der Waals surface area contributed by atoms with E-state index in [2.05, 4.69) is 60.3 Å². The molecule has 1 unspecified atom stereocenters. The number of ether oxygens (including phenoxy) is 1. The van der Waals surface area contributed by atoms with Crippen molar-refractivity contribution in [1.82, 2.24) is 9.78 Å². The maximum atomic E-state index is 5.40. The van der Waals surface area contributed by atoms with Crippen molar-refractivity contribution in [2.24, 2.45) is 5.41 Å².